The fourth-order valence-electron chi connectivity index (χ4n) is 3.65. The molecule has 3 heterocycles. The molecule has 110 valence electrons. The Kier molecular flexibility index (Phi) is 3.16. The lowest BCUT2D eigenvalue weighted by atomic mass is 9.71. The molecule has 0 amide bonds. The van der Waals surface area contributed by atoms with Crippen LogP contribution in [0.1, 0.15) is 31.2 Å². The number of rotatable bonds is 1. The van der Waals surface area contributed by atoms with Gasteiger partial charge in [0.2, 0.25) is 0 Å². The van der Waals surface area contributed by atoms with E-state index in [-0.39, 0.29) is 5.92 Å². The van der Waals surface area contributed by atoms with Crippen molar-refractivity contribution in [2.24, 2.45) is 11.8 Å². The molecule has 0 bridgehead atoms. The van der Waals surface area contributed by atoms with E-state index in [9.17, 15) is 5.02 Å². The predicted octanol–water partition coefficient (Wildman–Crippen LogP) is 2.69. The van der Waals surface area contributed by atoms with E-state index in [1.165, 1.54) is 0 Å². The second kappa shape index (κ2) is 5.18. The van der Waals surface area contributed by atoms with Crippen LogP contribution in [0.15, 0.2) is 24.4 Å². The van der Waals surface area contributed by atoms with Crippen molar-refractivity contribution in [1.29, 1.82) is 5.26 Å². The molecule has 5 nitrogen and oxygen atoms in total. The normalized spacial score (nSPS) is 24.4. The SMILES string of the molecule is N#C[C@H]1CC[C@H](C2=CB(O)Oc3cnc4[nH]ccc4c32)CC1. The summed E-state index contributed by atoms with van der Waals surface area (Å²) in [6, 6.07) is 4.37. The average Bonchev–Trinajstić information content (AvgIpc) is 3.02. The zero-order chi connectivity index (χ0) is 15.1. The van der Waals surface area contributed by atoms with Crippen molar-refractivity contribution < 1.29 is 9.68 Å². The van der Waals surface area contributed by atoms with Crippen molar-refractivity contribution >= 4 is 23.7 Å². The number of H-pyrrole nitrogens is 1. The molecule has 0 unspecified atom stereocenters. The molecular weight excluding hydrogens is 277 g/mol. The van der Waals surface area contributed by atoms with Crippen molar-refractivity contribution in [3.05, 3.63) is 30.0 Å². The van der Waals surface area contributed by atoms with Gasteiger partial charge < -0.3 is 14.7 Å². The van der Waals surface area contributed by atoms with Gasteiger partial charge in [0.05, 0.1) is 12.3 Å². The van der Waals surface area contributed by atoms with Gasteiger partial charge in [-0.3, -0.25) is 0 Å². The van der Waals surface area contributed by atoms with Gasteiger partial charge in [-0.1, -0.05) is 0 Å². The number of pyridine rings is 1. The minimum Gasteiger partial charge on any atom is -0.531 e. The fourth-order valence-corrected chi connectivity index (χ4v) is 3.65. The first-order valence-electron chi connectivity index (χ1n) is 7.69. The highest BCUT2D eigenvalue weighted by Crippen LogP contribution is 2.44. The van der Waals surface area contributed by atoms with E-state index in [0.29, 0.717) is 11.7 Å². The maximum atomic E-state index is 9.99. The first-order valence-corrected chi connectivity index (χ1v) is 7.69. The van der Waals surface area contributed by atoms with Gasteiger partial charge >= 0.3 is 7.12 Å². The lowest BCUT2D eigenvalue weighted by molar-refractivity contribution is 0.367. The summed E-state index contributed by atoms with van der Waals surface area (Å²) in [6.07, 6.45) is 7.34. The van der Waals surface area contributed by atoms with E-state index in [1.54, 1.807) is 6.20 Å². The Morgan fingerprint density at radius 1 is 1.36 bits per heavy atom. The zero-order valence-corrected chi connectivity index (χ0v) is 12.1. The summed E-state index contributed by atoms with van der Waals surface area (Å²) in [5.41, 5.74) is 3.00. The Hall–Kier alpha value is -2.26. The molecule has 0 aromatic carbocycles. The van der Waals surface area contributed by atoms with Gasteiger partial charge in [0.1, 0.15) is 11.4 Å². The Morgan fingerprint density at radius 2 is 2.18 bits per heavy atom. The topological polar surface area (TPSA) is 81.9 Å². The number of hydrogen-bond donors (Lipinski definition) is 2. The standard InChI is InChI=1S/C16H16BN3O2/c18-8-10-1-3-11(4-2-10)13-7-17(21)22-14-9-20-16-12(15(13)14)5-6-19-16/h5-7,9-11,21H,1-4H2,(H,19,20)/t10-,11-. The quantitative estimate of drug-likeness (QED) is 0.792. The molecule has 2 N–H and O–H groups in total. The number of aromatic amines is 1. The monoisotopic (exact) mass is 293 g/mol. The number of hydrogen-bond acceptors (Lipinski definition) is 4. The molecular formula is C16H16BN3O2. The van der Waals surface area contributed by atoms with Crippen molar-refractivity contribution in [3.63, 3.8) is 0 Å². The lowest BCUT2D eigenvalue weighted by Crippen LogP contribution is -2.26. The summed E-state index contributed by atoms with van der Waals surface area (Å²) in [5, 5.41) is 20.1. The molecule has 0 radical (unpaired) electrons. The van der Waals surface area contributed by atoms with Crippen molar-refractivity contribution in [1.82, 2.24) is 9.97 Å². The highest BCUT2D eigenvalue weighted by Gasteiger charge is 2.32. The minimum absolute atomic E-state index is 0.172. The van der Waals surface area contributed by atoms with Crippen LogP contribution in [0.2, 0.25) is 0 Å². The molecule has 1 fully saturated rings. The summed E-state index contributed by atoms with van der Waals surface area (Å²) < 4.78 is 5.52. The van der Waals surface area contributed by atoms with Crippen LogP contribution in [0, 0.1) is 23.2 Å². The summed E-state index contributed by atoms with van der Waals surface area (Å²) in [6.45, 7) is 0. The van der Waals surface area contributed by atoms with E-state index in [0.717, 1.165) is 47.9 Å². The molecule has 1 aliphatic heterocycles. The average molecular weight is 293 g/mol. The number of nitriles is 1. The Balaban J connectivity index is 1.77. The number of allylic oxidation sites excluding steroid dienone is 1. The van der Waals surface area contributed by atoms with Gasteiger partial charge in [0.15, 0.2) is 0 Å². The number of nitrogens with zero attached hydrogens (tertiary/aromatic N) is 2. The first kappa shape index (κ1) is 13.4. The van der Waals surface area contributed by atoms with Gasteiger partial charge in [-0.15, -0.1) is 0 Å². The van der Waals surface area contributed by atoms with E-state index < -0.39 is 7.12 Å². The van der Waals surface area contributed by atoms with E-state index in [4.69, 9.17) is 9.92 Å². The second-order valence-electron chi connectivity index (χ2n) is 6.05. The number of nitrogens with one attached hydrogen (secondary N) is 1. The van der Waals surface area contributed by atoms with Crippen LogP contribution in [-0.2, 0) is 0 Å². The van der Waals surface area contributed by atoms with Crippen LogP contribution in [-0.4, -0.2) is 22.1 Å². The maximum Gasteiger partial charge on any atom is 0.552 e. The summed E-state index contributed by atoms with van der Waals surface area (Å²) in [4.78, 5) is 7.45. The van der Waals surface area contributed by atoms with Gasteiger partial charge in [0.25, 0.3) is 0 Å². The Morgan fingerprint density at radius 3 is 2.95 bits per heavy atom. The molecule has 6 heteroatoms. The Bertz CT molecular complexity index is 784. The van der Waals surface area contributed by atoms with E-state index in [2.05, 4.69) is 16.0 Å². The molecule has 2 aromatic rings. The van der Waals surface area contributed by atoms with Crippen molar-refractivity contribution in [2.75, 3.05) is 0 Å². The van der Waals surface area contributed by atoms with Crippen molar-refractivity contribution in [3.8, 4) is 11.8 Å². The highest BCUT2D eigenvalue weighted by molar-refractivity contribution is 6.52. The molecule has 0 saturated heterocycles. The number of aromatic nitrogens is 2. The van der Waals surface area contributed by atoms with E-state index >= 15 is 0 Å². The molecule has 0 atom stereocenters. The van der Waals surface area contributed by atoms with Crippen LogP contribution in [0.25, 0.3) is 16.6 Å². The number of fused-ring (bicyclic) bond motifs is 3. The zero-order valence-electron chi connectivity index (χ0n) is 12.1. The smallest absolute Gasteiger partial charge is 0.531 e. The Labute approximate surface area is 128 Å². The molecule has 1 saturated carbocycles. The lowest BCUT2D eigenvalue weighted by Gasteiger charge is -2.31. The molecule has 1 aliphatic carbocycles. The maximum absolute atomic E-state index is 9.99. The van der Waals surface area contributed by atoms with Crippen LogP contribution in [0.5, 0.6) is 5.75 Å². The molecule has 4 rings (SSSR count). The molecule has 22 heavy (non-hydrogen) atoms. The van der Waals surface area contributed by atoms with Gasteiger partial charge in [-0.05, 0) is 49.2 Å². The largest absolute Gasteiger partial charge is 0.552 e. The fraction of sp³-hybridized carbons (Fsp3) is 0.375. The van der Waals surface area contributed by atoms with Crippen LogP contribution in [0.3, 0.4) is 0 Å². The molecule has 2 aliphatic rings. The predicted molar refractivity (Wildman–Crippen MR) is 83.7 cm³/mol. The van der Waals surface area contributed by atoms with E-state index in [1.807, 2.05) is 18.2 Å². The third kappa shape index (κ3) is 2.09. The van der Waals surface area contributed by atoms with Gasteiger partial charge in [0, 0.05) is 23.1 Å². The van der Waals surface area contributed by atoms with Crippen LogP contribution < -0.4 is 4.65 Å². The first-order chi connectivity index (χ1) is 10.8. The van der Waals surface area contributed by atoms with Gasteiger partial charge in [-0.2, -0.15) is 5.26 Å². The molecule has 0 spiro atoms. The summed E-state index contributed by atoms with van der Waals surface area (Å²) in [7, 11) is -0.922. The van der Waals surface area contributed by atoms with Crippen LogP contribution >= 0.6 is 0 Å². The summed E-state index contributed by atoms with van der Waals surface area (Å²) in [5.74, 6) is 2.99. The van der Waals surface area contributed by atoms with Gasteiger partial charge in [-0.25, -0.2) is 4.98 Å². The van der Waals surface area contributed by atoms with Crippen LogP contribution in [0.4, 0.5) is 0 Å². The third-order valence-corrected chi connectivity index (χ3v) is 4.76. The second-order valence-corrected chi connectivity index (χ2v) is 6.05. The molecule has 2 aromatic heterocycles. The minimum atomic E-state index is -0.922. The highest BCUT2D eigenvalue weighted by atomic mass is 16.5. The third-order valence-electron chi connectivity index (χ3n) is 4.76. The summed E-state index contributed by atoms with van der Waals surface area (Å²) >= 11 is 0. The van der Waals surface area contributed by atoms with Crippen molar-refractivity contribution in [2.45, 2.75) is 25.7 Å².